The van der Waals surface area contributed by atoms with Gasteiger partial charge in [0.1, 0.15) is 0 Å². The first-order chi connectivity index (χ1) is 11.0. The van der Waals surface area contributed by atoms with Crippen molar-refractivity contribution < 1.29 is 18.4 Å². The van der Waals surface area contributed by atoms with Crippen molar-refractivity contribution in [2.75, 3.05) is 31.1 Å². The van der Waals surface area contributed by atoms with Crippen LogP contribution in [0, 0.1) is 11.6 Å². The van der Waals surface area contributed by atoms with E-state index in [2.05, 4.69) is 5.32 Å². The number of carbonyl (C=O) groups excluding carboxylic acids is 2. The highest BCUT2D eigenvalue weighted by Crippen LogP contribution is 2.23. The number of hydrogen-bond donors (Lipinski definition) is 1. The van der Waals surface area contributed by atoms with E-state index >= 15 is 0 Å². The number of piperazine rings is 1. The molecule has 2 amide bonds. The maximum absolute atomic E-state index is 13.8. The lowest BCUT2D eigenvalue weighted by Gasteiger charge is -2.36. The monoisotopic (exact) mass is 323 g/mol. The zero-order chi connectivity index (χ0) is 16.4. The van der Waals surface area contributed by atoms with E-state index in [0.717, 1.165) is 6.07 Å². The summed E-state index contributed by atoms with van der Waals surface area (Å²) < 4.78 is 27.1. The molecule has 2 saturated heterocycles. The second kappa shape index (κ2) is 6.52. The van der Waals surface area contributed by atoms with Gasteiger partial charge in [-0.1, -0.05) is 6.07 Å². The summed E-state index contributed by atoms with van der Waals surface area (Å²) in [6, 6.07) is 4.04. The van der Waals surface area contributed by atoms with E-state index in [1.807, 2.05) is 0 Å². The Hall–Kier alpha value is -2.18. The third-order valence-corrected chi connectivity index (χ3v) is 4.41. The smallest absolute Gasteiger partial charge is 0.224 e. The summed E-state index contributed by atoms with van der Waals surface area (Å²) in [5.41, 5.74) is 0.236. The standard InChI is InChI=1S/C16H19F2N3O2/c17-12-2-1-3-13(16(12)18)20-6-8-21(9-7-20)15(23)10-11-4-5-14(22)19-11/h1-3,11H,4-10H2,(H,19,22). The van der Waals surface area contributed by atoms with Crippen LogP contribution in [0.25, 0.3) is 0 Å². The molecule has 5 nitrogen and oxygen atoms in total. The van der Waals surface area contributed by atoms with Gasteiger partial charge in [-0.3, -0.25) is 9.59 Å². The minimum absolute atomic E-state index is 0.00318. The van der Waals surface area contributed by atoms with Gasteiger partial charge in [-0.25, -0.2) is 8.78 Å². The van der Waals surface area contributed by atoms with E-state index in [9.17, 15) is 18.4 Å². The van der Waals surface area contributed by atoms with Crippen LogP contribution in [0.2, 0.25) is 0 Å². The predicted octanol–water partition coefficient (Wildman–Crippen LogP) is 1.28. The molecule has 2 aliphatic heterocycles. The lowest BCUT2D eigenvalue weighted by molar-refractivity contribution is -0.132. The second-order valence-corrected chi connectivity index (χ2v) is 5.95. The van der Waals surface area contributed by atoms with E-state index in [0.29, 0.717) is 45.4 Å². The molecule has 1 N–H and O–H groups in total. The molecule has 7 heteroatoms. The number of rotatable bonds is 3. The average Bonchev–Trinajstić information content (AvgIpc) is 2.95. The first kappa shape index (κ1) is 15.7. The van der Waals surface area contributed by atoms with Gasteiger partial charge < -0.3 is 15.1 Å². The van der Waals surface area contributed by atoms with Gasteiger partial charge in [0.15, 0.2) is 11.6 Å². The van der Waals surface area contributed by atoms with Crippen molar-refractivity contribution in [1.82, 2.24) is 10.2 Å². The van der Waals surface area contributed by atoms with E-state index in [1.54, 1.807) is 15.9 Å². The molecule has 2 aliphatic rings. The third-order valence-electron chi connectivity index (χ3n) is 4.41. The fourth-order valence-electron chi connectivity index (χ4n) is 3.10. The zero-order valence-electron chi connectivity index (χ0n) is 12.7. The molecule has 124 valence electrons. The summed E-state index contributed by atoms with van der Waals surface area (Å²) in [4.78, 5) is 26.9. The number of nitrogens with one attached hydrogen (secondary N) is 1. The summed E-state index contributed by atoms with van der Waals surface area (Å²) >= 11 is 0. The van der Waals surface area contributed by atoms with Gasteiger partial charge >= 0.3 is 0 Å². The molecule has 0 aliphatic carbocycles. The van der Waals surface area contributed by atoms with Crippen molar-refractivity contribution >= 4 is 17.5 Å². The van der Waals surface area contributed by atoms with Crippen LogP contribution in [0.1, 0.15) is 19.3 Å². The number of anilines is 1. The van der Waals surface area contributed by atoms with Crippen molar-refractivity contribution in [2.24, 2.45) is 0 Å². The van der Waals surface area contributed by atoms with Gasteiger partial charge in [0.25, 0.3) is 0 Å². The highest BCUT2D eigenvalue weighted by molar-refractivity contribution is 5.82. The Kier molecular flexibility index (Phi) is 4.45. The van der Waals surface area contributed by atoms with Crippen molar-refractivity contribution in [3.8, 4) is 0 Å². The third kappa shape index (κ3) is 3.43. The van der Waals surface area contributed by atoms with Crippen LogP contribution in [-0.2, 0) is 9.59 Å². The quantitative estimate of drug-likeness (QED) is 0.912. The summed E-state index contributed by atoms with van der Waals surface area (Å²) in [6.07, 6.45) is 1.48. The van der Waals surface area contributed by atoms with Crippen LogP contribution >= 0.6 is 0 Å². The number of nitrogens with zero attached hydrogens (tertiary/aromatic N) is 2. The van der Waals surface area contributed by atoms with Crippen LogP contribution in [0.4, 0.5) is 14.5 Å². The van der Waals surface area contributed by atoms with E-state index < -0.39 is 11.6 Å². The minimum atomic E-state index is -0.863. The Bertz CT molecular complexity index is 615. The number of amides is 2. The van der Waals surface area contributed by atoms with E-state index in [1.165, 1.54) is 6.07 Å². The molecule has 2 fully saturated rings. The lowest BCUT2D eigenvalue weighted by atomic mass is 10.1. The zero-order valence-corrected chi connectivity index (χ0v) is 12.7. The Balaban J connectivity index is 1.55. The topological polar surface area (TPSA) is 52.7 Å². The molecule has 2 heterocycles. The molecule has 0 saturated carbocycles. The van der Waals surface area contributed by atoms with Gasteiger partial charge in [0, 0.05) is 45.1 Å². The van der Waals surface area contributed by atoms with Crippen LogP contribution in [0.3, 0.4) is 0 Å². The SMILES string of the molecule is O=C1CCC(CC(=O)N2CCN(c3cccc(F)c3F)CC2)N1. The normalized spacial score (nSPS) is 21.5. The number of benzene rings is 1. The molecule has 0 bridgehead atoms. The molecular formula is C16H19F2N3O2. The van der Waals surface area contributed by atoms with Crippen LogP contribution in [-0.4, -0.2) is 48.9 Å². The molecule has 1 aromatic carbocycles. The minimum Gasteiger partial charge on any atom is -0.366 e. The summed E-state index contributed by atoms with van der Waals surface area (Å²) in [7, 11) is 0. The molecule has 0 spiro atoms. The first-order valence-corrected chi connectivity index (χ1v) is 7.80. The molecule has 1 aromatic rings. The van der Waals surface area contributed by atoms with E-state index in [4.69, 9.17) is 0 Å². The fourth-order valence-corrected chi connectivity index (χ4v) is 3.10. The summed E-state index contributed by atoms with van der Waals surface area (Å²) in [5.74, 6) is -1.72. The Morgan fingerprint density at radius 3 is 2.61 bits per heavy atom. The lowest BCUT2D eigenvalue weighted by Crippen LogP contribution is -2.50. The highest BCUT2D eigenvalue weighted by atomic mass is 19.2. The Labute approximate surface area is 133 Å². The van der Waals surface area contributed by atoms with Crippen LogP contribution in [0.15, 0.2) is 18.2 Å². The molecule has 1 atom stereocenters. The van der Waals surface area contributed by atoms with Crippen molar-refractivity contribution in [2.45, 2.75) is 25.3 Å². The van der Waals surface area contributed by atoms with Gasteiger partial charge in [-0.05, 0) is 18.6 Å². The molecular weight excluding hydrogens is 304 g/mol. The summed E-state index contributed by atoms with van der Waals surface area (Å²) in [6.45, 7) is 1.86. The molecule has 0 radical (unpaired) electrons. The molecule has 3 rings (SSSR count). The second-order valence-electron chi connectivity index (χ2n) is 5.95. The average molecular weight is 323 g/mol. The van der Waals surface area contributed by atoms with Crippen molar-refractivity contribution in [1.29, 1.82) is 0 Å². The van der Waals surface area contributed by atoms with Gasteiger partial charge in [0.2, 0.25) is 11.8 Å². The molecule has 1 unspecified atom stereocenters. The number of carbonyl (C=O) groups is 2. The van der Waals surface area contributed by atoms with Crippen LogP contribution < -0.4 is 10.2 Å². The van der Waals surface area contributed by atoms with Gasteiger partial charge in [0.05, 0.1) is 5.69 Å². The predicted molar refractivity (Wildman–Crippen MR) is 80.9 cm³/mol. The van der Waals surface area contributed by atoms with Gasteiger partial charge in [-0.2, -0.15) is 0 Å². The Morgan fingerprint density at radius 1 is 1.22 bits per heavy atom. The maximum atomic E-state index is 13.8. The number of halogens is 2. The van der Waals surface area contributed by atoms with Crippen molar-refractivity contribution in [3.05, 3.63) is 29.8 Å². The van der Waals surface area contributed by atoms with Crippen LogP contribution in [0.5, 0.6) is 0 Å². The maximum Gasteiger partial charge on any atom is 0.224 e. The van der Waals surface area contributed by atoms with Gasteiger partial charge in [-0.15, -0.1) is 0 Å². The molecule has 23 heavy (non-hydrogen) atoms. The first-order valence-electron chi connectivity index (χ1n) is 7.80. The van der Waals surface area contributed by atoms with Crippen molar-refractivity contribution in [3.63, 3.8) is 0 Å². The Morgan fingerprint density at radius 2 is 1.96 bits per heavy atom. The largest absolute Gasteiger partial charge is 0.366 e. The van der Waals surface area contributed by atoms with E-state index in [-0.39, 0.29) is 23.5 Å². The molecule has 0 aromatic heterocycles. The summed E-state index contributed by atoms with van der Waals surface area (Å²) in [5, 5.41) is 2.78. The highest BCUT2D eigenvalue weighted by Gasteiger charge is 2.28. The number of hydrogen-bond acceptors (Lipinski definition) is 3. The fraction of sp³-hybridized carbons (Fsp3) is 0.500.